The zero-order valence-corrected chi connectivity index (χ0v) is 10.00. The molecule has 1 rings (SSSR count). The van der Waals surface area contributed by atoms with Crippen LogP contribution in [0.2, 0.25) is 0 Å². The monoisotopic (exact) mass is 226 g/mol. The maximum Gasteiger partial charge on any atom is 0.125 e. The normalized spacial score (nSPS) is 12.6. The second-order valence-electron chi connectivity index (χ2n) is 4.08. The molecule has 2 N–H and O–H groups in total. The first-order chi connectivity index (χ1) is 7.52. The van der Waals surface area contributed by atoms with E-state index in [1.54, 1.807) is 6.92 Å². The van der Waals surface area contributed by atoms with E-state index in [9.17, 15) is 9.50 Å². The van der Waals surface area contributed by atoms with Crippen LogP contribution in [0.4, 0.5) is 10.1 Å². The number of halogens is 1. The Balaban J connectivity index is 2.86. The molecule has 1 unspecified atom stereocenters. The molecule has 0 aliphatic heterocycles. The Kier molecular flexibility index (Phi) is 4.71. The molecule has 0 aliphatic carbocycles. The van der Waals surface area contributed by atoms with Crippen molar-refractivity contribution in [1.29, 1.82) is 0 Å². The number of benzene rings is 1. The number of aliphatic hydroxyl groups is 1. The van der Waals surface area contributed by atoms with Gasteiger partial charge in [0, 0.05) is 25.8 Å². The molecule has 1 aromatic carbocycles. The topological polar surface area (TPSA) is 35.5 Å². The lowest BCUT2D eigenvalue weighted by Gasteiger charge is -2.21. The second kappa shape index (κ2) is 5.82. The van der Waals surface area contributed by atoms with Crippen molar-refractivity contribution >= 4 is 5.69 Å². The standard InChI is InChI=1S/C12H19FN2O/c1-9(16)8-15(3)12-5-10(7-14-2)4-11(13)6-12/h4-6,9,14,16H,7-8H2,1-3H3. The van der Waals surface area contributed by atoms with E-state index < -0.39 is 6.10 Å². The molecule has 16 heavy (non-hydrogen) atoms. The number of aliphatic hydroxyl groups excluding tert-OH is 1. The summed E-state index contributed by atoms with van der Waals surface area (Å²) in [5, 5.41) is 12.3. The Hall–Kier alpha value is -1.13. The first kappa shape index (κ1) is 12.9. The van der Waals surface area contributed by atoms with Crippen LogP contribution in [0, 0.1) is 5.82 Å². The Bertz CT molecular complexity index is 342. The molecule has 3 nitrogen and oxygen atoms in total. The van der Waals surface area contributed by atoms with E-state index in [0.29, 0.717) is 13.1 Å². The summed E-state index contributed by atoms with van der Waals surface area (Å²) in [6.45, 7) is 2.83. The van der Waals surface area contributed by atoms with Gasteiger partial charge in [-0.1, -0.05) is 0 Å². The molecule has 0 aliphatic rings. The van der Waals surface area contributed by atoms with Gasteiger partial charge in [0.1, 0.15) is 5.82 Å². The SMILES string of the molecule is CNCc1cc(F)cc(N(C)CC(C)O)c1. The molecule has 90 valence electrons. The van der Waals surface area contributed by atoms with Crippen molar-refractivity contribution in [2.45, 2.75) is 19.6 Å². The summed E-state index contributed by atoms with van der Waals surface area (Å²) >= 11 is 0. The maximum atomic E-state index is 13.3. The molecule has 0 spiro atoms. The minimum atomic E-state index is -0.430. The summed E-state index contributed by atoms with van der Waals surface area (Å²) in [5.41, 5.74) is 1.68. The second-order valence-corrected chi connectivity index (χ2v) is 4.08. The lowest BCUT2D eigenvalue weighted by molar-refractivity contribution is 0.201. The highest BCUT2D eigenvalue weighted by molar-refractivity contribution is 5.48. The minimum absolute atomic E-state index is 0.250. The van der Waals surface area contributed by atoms with Crippen molar-refractivity contribution in [1.82, 2.24) is 5.32 Å². The van der Waals surface area contributed by atoms with Gasteiger partial charge in [-0.05, 0) is 37.7 Å². The summed E-state index contributed by atoms with van der Waals surface area (Å²) in [6, 6.07) is 4.90. The lowest BCUT2D eigenvalue weighted by atomic mass is 10.1. The highest BCUT2D eigenvalue weighted by Crippen LogP contribution is 2.17. The Morgan fingerprint density at radius 1 is 1.44 bits per heavy atom. The summed E-state index contributed by atoms with van der Waals surface area (Å²) in [6.07, 6.45) is -0.430. The number of nitrogens with zero attached hydrogens (tertiary/aromatic N) is 1. The van der Waals surface area contributed by atoms with E-state index in [1.807, 2.05) is 25.1 Å². The smallest absolute Gasteiger partial charge is 0.125 e. The fourth-order valence-corrected chi connectivity index (χ4v) is 1.66. The maximum absolute atomic E-state index is 13.3. The molecule has 4 heteroatoms. The molecule has 0 radical (unpaired) electrons. The summed E-state index contributed by atoms with van der Waals surface area (Å²) < 4.78 is 13.3. The van der Waals surface area contributed by atoms with Gasteiger partial charge < -0.3 is 15.3 Å². The predicted molar refractivity (Wildman–Crippen MR) is 64.1 cm³/mol. The highest BCUT2D eigenvalue weighted by atomic mass is 19.1. The van der Waals surface area contributed by atoms with Gasteiger partial charge in [-0.25, -0.2) is 4.39 Å². The fraction of sp³-hybridized carbons (Fsp3) is 0.500. The predicted octanol–water partition coefficient (Wildman–Crippen LogP) is 1.36. The molecule has 1 atom stereocenters. The Labute approximate surface area is 95.9 Å². The first-order valence-corrected chi connectivity index (χ1v) is 5.36. The first-order valence-electron chi connectivity index (χ1n) is 5.36. The van der Waals surface area contributed by atoms with Crippen LogP contribution in [0.25, 0.3) is 0 Å². The van der Waals surface area contributed by atoms with Crippen molar-refractivity contribution in [2.24, 2.45) is 0 Å². The van der Waals surface area contributed by atoms with Crippen molar-refractivity contribution in [3.63, 3.8) is 0 Å². The molecule has 0 aromatic heterocycles. The van der Waals surface area contributed by atoms with Crippen LogP contribution < -0.4 is 10.2 Å². The quantitative estimate of drug-likeness (QED) is 0.796. The van der Waals surface area contributed by atoms with Crippen LogP contribution in [0.5, 0.6) is 0 Å². The van der Waals surface area contributed by atoms with Gasteiger partial charge in [0.2, 0.25) is 0 Å². The summed E-state index contributed by atoms with van der Waals surface area (Å²) in [5.74, 6) is -0.250. The third kappa shape index (κ3) is 3.79. The third-order valence-electron chi connectivity index (χ3n) is 2.30. The van der Waals surface area contributed by atoms with Gasteiger partial charge >= 0.3 is 0 Å². The van der Waals surface area contributed by atoms with Crippen LogP contribution in [-0.4, -0.2) is 31.9 Å². The van der Waals surface area contributed by atoms with Gasteiger partial charge in [-0.2, -0.15) is 0 Å². The number of likely N-dealkylation sites (N-methyl/N-ethyl adjacent to an activating group) is 1. The average Bonchev–Trinajstić information content (AvgIpc) is 2.16. The number of anilines is 1. The molecule has 0 bridgehead atoms. The van der Waals surface area contributed by atoms with Crippen LogP contribution in [0.3, 0.4) is 0 Å². The summed E-state index contributed by atoms with van der Waals surface area (Å²) in [4.78, 5) is 1.84. The van der Waals surface area contributed by atoms with Crippen molar-refractivity contribution in [2.75, 3.05) is 25.5 Å². The zero-order chi connectivity index (χ0) is 12.1. The van der Waals surface area contributed by atoms with E-state index >= 15 is 0 Å². The van der Waals surface area contributed by atoms with Crippen LogP contribution in [0.1, 0.15) is 12.5 Å². The minimum Gasteiger partial charge on any atom is -0.392 e. The third-order valence-corrected chi connectivity index (χ3v) is 2.30. The van der Waals surface area contributed by atoms with Gasteiger partial charge in [0.25, 0.3) is 0 Å². The number of hydrogen-bond acceptors (Lipinski definition) is 3. The molecule has 0 heterocycles. The molecule has 0 saturated carbocycles. The van der Waals surface area contributed by atoms with E-state index in [2.05, 4.69) is 5.32 Å². The highest BCUT2D eigenvalue weighted by Gasteiger charge is 2.07. The molecule has 0 saturated heterocycles. The zero-order valence-electron chi connectivity index (χ0n) is 10.00. The van der Waals surface area contributed by atoms with E-state index in [-0.39, 0.29) is 5.82 Å². The Morgan fingerprint density at radius 2 is 2.12 bits per heavy atom. The number of nitrogens with one attached hydrogen (secondary N) is 1. The van der Waals surface area contributed by atoms with Gasteiger partial charge in [0.15, 0.2) is 0 Å². The van der Waals surface area contributed by atoms with Crippen molar-refractivity contribution in [3.8, 4) is 0 Å². The largest absolute Gasteiger partial charge is 0.392 e. The van der Waals surface area contributed by atoms with E-state index in [4.69, 9.17) is 0 Å². The lowest BCUT2D eigenvalue weighted by Crippen LogP contribution is -2.27. The molecule has 1 aromatic rings. The fourth-order valence-electron chi connectivity index (χ4n) is 1.66. The molecule has 0 amide bonds. The number of rotatable bonds is 5. The van der Waals surface area contributed by atoms with Gasteiger partial charge in [-0.3, -0.25) is 0 Å². The van der Waals surface area contributed by atoms with E-state index in [0.717, 1.165) is 11.3 Å². The van der Waals surface area contributed by atoms with Crippen LogP contribution in [-0.2, 0) is 6.54 Å². The average molecular weight is 226 g/mol. The molecule has 0 fully saturated rings. The van der Waals surface area contributed by atoms with Crippen LogP contribution >= 0.6 is 0 Å². The summed E-state index contributed by atoms with van der Waals surface area (Å²) in [7, 11) is 3.66. The number of hydrogen-bond donors (Lipinski definition) is 2. The van der Waals surface area contributed by atoms with Crippen molar-refractivity contribution < 1.29 is 9.50 Å². The molecular formula is C12H19FN2O. The van der Waals surface area contributed by atoms with E-state index in [1.165, 1.54) is 12.1 Å². The van der Waals surface area contributed by atoms with Gasteiger partial charge in [0.05, 0.1) is 6.10 Å². The molecular weight excluding hydrogens is 207 g/mol. The Morgan fingerprint density at radius 3 is 2.69 bits per heavy atom. The van der Waals surface area contributed by atoms with Crippen LogP contribution in [0.15, 0.2) is 18.2 Å². The van der Waals surface area contributed by atoms with Gasteiger partial charge in [-0.15, -0.1) is 0 Å². The van der Waals surface area contributed by atoms with Crippen molar-refractivity contribution in [3.05, 3.63) is 29.6 Å².